The van der Waals surface area contributed by atoms with E-state index in [1.807, 2.05) is 0 Å². The van der Waals surface area contributed by atoms with Crippen molar-refractivity contribution in [3.63, 3.8) is 0 Å². The zero-order chi connectivity index (χ0) is 14.8. The highest BCUT2D eigenvalue weighted by atomic mass is 32.2. The van der Waals surface area contributed by atoms with Crippen LogP contribution in [0.4, 0.5) is 20.4 Å². The van der Waals surface area contributed by atoms with Gasteiger partial charge in [0.25, 0.3) is 10.1 Å². The number of benzene rings is 1. The monoisotopic (exact) mass is 302 g/mol. The molecule has 0 atom stereocenters. The van der Waals surface area contributed by atoms with Crippen LogP contribution in [0.3, 0.4) is 0 Å². The van der Waals surface area contributed by atoms with E-state index in [9.17, 15) is 17.2 Å². The third-order valence-corrected chi connectivity index (χ3v) is 2.84. The number of rotatable bonds is 4. The van der Waals surface area contributed by atoms with Crippen molar-refractivity contribution in [3.8, 4) is 0 Å². The van der Waals surface area contributed by atoms with E-state index in [1.165, 1.54) is 24.3 Å². The first-order chi connectivity index (χ1) is 9.32. The largest absolute Gasteiger partial charge is 0.324 e. The Morgan fingerprint density at radius 2 is 1.60 bits per heavy atom. The van der Waals surface area contributed by atoms with Crippen molar-refractivity contribution in [2.75, 3.05) is 5.32 Å². The van der Waals surface area contributed by atoms with Crippen molar-refractivity contribution in [3.05, 3.63) is 42.0 Å². The molecule has 0 aliphatic rings. The fraction of sp³-hybridized carbons (Fsp3) is 0.100. The van der Waals surface area contributed by atoms with Gasteiger partial charge in [0.05, 0.1) is 0 Å². The highest BCUT2D eigenvalue weighted by molar-refractivity contribution is 7.85. The van der Waals surface area contributed by atoms with Gasteiger partial charge in [0.2, 0.25) is 5.95 Å². The third-order valence-electron chi connectivity index (χ3n) is 2.14. The summed E-state index contributed by atoms with van der Waals surface area (Å²) in [4.78, 5) is 9.21. The molecule has 0 radical (unpaired) electrons. The summed E-state index contributed by atoms with van der Waals surface area (Å²) in [6.45, 7) is 0. The summed E-state index contributed by atoms with van der Waals surface area (Å²) in [5, 5.41) is 2.52. The summed E-state index contributed by atoms with van der Waals surface area (Å²) < 4.78 is 55.5. The van der Waals surface area contributed by atoms with Crippen LogP contribution in [0.5, 0.6) is 0 Å². The van der Waals surface area contributed by atoms with Crippen LogP contribution in [-0.4, -0.2) is 27.9 Å². The zero-order valence-corrected chi connectivity index (χ0v) is 10.6. The number of nitrogens with zero attached hydrogens (tertiary/aromatic N) is 3. The summed E-state index contributed by atoms with van der Waals surface area (Å²) >= 11 is 0. The lowest BCUT2D eigenvalue weighted by molar-refractivity contribution is 0.458. The Morgan fingerprint density at radius 3 is 2.10 bits per heavy atom. The molecular formula is C10H8F2N4O3S. The van der Waals surface area contributed by atoms with Gasteiger partial charge in [-0.3, -0.25) is 4.55 Å². The molecule has 0 spiro atoms. The van der Waals surface area contributed by atoms with E-state index in [-0.39, 0.29) is 5.95 Å². The van der Waals surface area contributed by atoms with Crippen molar-refractivity contribution in [1.29, 1.82) is 0 Å². The number of anilines is 2. The Morgan fingerprint density at radius 1 is 1.05 bits per heavy atom. The Balaban J connectivity index is 2.14. The van der Waals surface area contributed by atoms with E-state index in [0.717, 1.165) is 0 Å². The molecule has 0 saturated carbocycles. The maximum atomic E-state index is 12.7. The topological polar surface area (TPSA) is 105 Å². The summed E-state index contributed by atoms with van der Waals surface area (Å²) in [5.74, 6) is -0.847. The molecule has 0 aliphatic carbocycles. The summed E-state index contributed by atoms with van der Waals surface area (Å²) in [6, 6.07) is 5.73. The molecule has 0 aliphatic heterocycles. The molecule has 1 heterocycles. The minimum Gasteiger partial charge on any atom is -0.324 e. The van der Waals surface area contributed by atoms with Crippen LogP contribution in [0.2, 0.25) is 0 Å². The minimum absolute atomic E-state index is 0.322. The molecule has 1 aromatic heterocycles. The van der Waals surface area contributed by atoms with Gasteiger partial charge in [-0.15, -0.1) is 0 Å². The third kappa shape index (κ3) is 4.17. The van der Waals surface area contributed by atoms with Crippen molar-refractivity contribution < 1.29 is 21.8 Å². The molecule has 2 N–H and O–H groups in total. The van der Waals surface area contributed by atoms with Crippen LogP contribution in [0, 0.1) is 12.2 Å². The van der Waals surface area contributed by atoms with Crippen molar-refractivity contribution in [2.24, 2.45) is 0 Å². The van der Waals surface area contributed by atoms with Gasteiger partial charge in [0.15, 0.2) is 0 Å². The summed E-state index contributed by atoms with van der Waals surface area (Å²) in [5.41, 5.74) is 0.736. The van der Waals surface area contributed by atoms with Crippen LogP contribution >= 0.6 is 0 Å². The maximum absolute atomic E-state index is 12.7. The van der Waals surface area contributed by atoms with Crippen LogP contribution < -0.4 is 5.32 Å². The van der Waals surface area contributed by atoms with Gasteiger partial charge in [0, 0.05) is 5.69 Å². The van der Waals surface area contributed by atoms with Gasteiger partial charge in [-0.2, -0.15) is 32.2 Å². The molecule has 20 heavy (non-hydrogen) atoms. The predicted octanol–water partition coefficient (Wildman–Crippen LogP) is 1.28. The van der Waals surface area contributed by atoms with E-state index in [1.54, 1.807) is 0 Å². The smallest absolute Gasteiger partial charge is 0.315 e. The normalized spacial score (nSPS) is 11.3. The quantitative estimate of drug-likeness (QED) is 0.819. The first kappa shape index (κ1) is 14.2. The Hall–Kier alpha value is -2.20. The molecule has 0 bridgehead atoms. The summed E-state index contributed by atoms with van der Waals surface area (Å²) in [7, 11) is -4.11. The van der Waals surface area contributed by atoms with Crippen molar-refractivity contribution >= 4 is 21.8 Å². The molecule has 0 fully saturated rings. The fourth-order valence-electron chi connectivity index (χ4n) is 1.41. The van der Waals surface area contributed by atoms with Gasteiger partial charge >= 0.3 is 12.2 Å². The van der Waals surface area contributed by atoms with Crippen LogP contribution in [0.25, 0.3) is 0 Å². The van der Waals surface area contributed by atoms with Gasteiger partial charge in [-0.05, 0) is 17.7 Å². The van der Waals surface area contributed by atoms with Gasteiger partial charge < -0.3 is 5.32 Å². The molecule has 0 amide bonds. The Labute approximate surface area is 112 Å². The fourth-order valence-corrected chi connectivity index (χ4v) is 2.02. The number of aromatic nitrogens is 3. The average Bonchev–Trinajstić information content (AvgIpc) is 2.28. The summed E-state index contributed by atoms with van der Waals surface area (Å²) in [6.07, 6.45) is -2.52. The first-order valence-electron chi connectivity index (χ1n) is 5.20. The predicted molar refractivity (Wildman–Crippen MR) is 64.7 cm³/mol. The van der Waals surface area contributed by atoms with E-state index in [2.05, 4.69) is 20.3 Å². The standard InChI is InChI=1S/C10H8F2N4O3S/c11-8-14-9(12)16-10(15-8)13-7-3-1-6(2-4-7)5-20(17,18)19/h1-4H,5H2,(H,17,18,19)(H,13,14,15,16). The van der Waals surface area contributed by atoms with Crippen LogP contribution in [0.1, 0.15) is 5.56 Å². The molecule has 0 saturated heterocycles. The first-order valence-corrected chi connectivity index (χ1v) is 6.81. The van der Waals surface area contributed by atoms with Gasteiger partial charge in [-0.1, -0.05) is 12.1 Å². The molecule has 106 valence electrons. The van der Waals surface area contributed by atoms with Crippen LogP contribution in [0.15, 0.2) is 24.3 Å². The molecule has 0 unspecified atom stereocenters. The maximum Gasteiger partial charge on any atom is 0.315 e. The molecule has 2 aromatic rings. The highest BCUT2D eigenvalue weighted by Crippen LogP contribution is 2.15. The second-order valence-corrected chi connectivity index (χ2v) is 5.20. The van der Waals surface area contributed by atoms with Crippen molar-refractivity contribution in [2.45, 2.75) is 5.75 Å². The molecule has 10 heteroatoms. The highest BCUT2D eigenvalue weighted by Gasteiger charge is 2.08. The minimum atomic E-state index is -4.11. The van der Waals surface area contributed by atoms with E-state index in [4.69, 9.17) is 4.55 Å². The average molecular weight is 302 g/mol. The number of nitrogens with one attached hydrogen (secondary N) is 1. The second-order valence-electron chi connectivity index (χ2n) is 3.75. The lowest BCUT2D eigenvalue weighted by Crippen LogP contribution is -2.04. The van der Waals surface area contributed by atoms with E-state index < -0.39 is 28.0 Å². The zero-order valence-electron chi connectivity index (χ0n) is 9.79. The lowest BCUT2D eigenvalue weighted by Gasteiger charge is -2.05. The molecule has 2 rings (SSSR count). The number of hydrogen-bond donors (Lipinski definition) is 2. The van der Waals surface area contributed by atoms with E-state index >= 15 is 0 Å². The van der Waals surface area contributed by atoms with Crippen molar-refractivity contribution in [1.82, 2.24) is 15.0 Å². The molecule has 1 aromatic carbocycles. The lowest BCUT2D eigenvalue weighted by atomic mass is 10.2. The van der Waals surface area contributed by atoms with Crippen LogP contribution in [-0.2, 0) is 15.9 Å². The van der Waals surface area contributed by atoms with Gasteiger partial charge in [-0.25, -0.2) is 0 Å². The molecular weight excluding hydrogens is 294 g/mol. The number of halogens is 2. The Kier molecular flexibility index (Phi) is 3.86. The van der Waals surface area contributed by atoms with Gasteiger partial charge in [0.1, 0.15) is 5.75 Å². The number of hydrogen-bond acceptors (Lipinski definition) is 6. The SMILES string of the molecule is O=S(=O)(O)Cc1ccc(Nc2nc(F)nc(F)n2)cc1. The van der Waals surface area contributed by atoms with E-state index in [0.29, 0.717) is 11.3 Å². The Bertz CT molecular complexity index is 702. The second kappa shape index (κ2) is 5.43. The molecule has 7 nitrogen and oxygen atoms in total.